The number of hydrogen-bond acceptors (Lipinski definition) is 2. The highest BCUT2D eigenvalue weighted by molar-refractivity contribution is 5.95. The minimum absolute atomic E-state index is 0.0536. The number of carbonyl (C=O) groups is 1. The van der Waals surface area contributed by atoms with Gasteiger partial charge in [0.05, 0.1) is 6.61 Å². The third kappa shape index (κ3) is 5.07. The Labute approximate surface area is 121 Å². The lowest BCUT2D eigenvalue weighted by atomic mass is 10.0. The van der Waals surface area contributed by atoms with Crippen LogP contribution in [-0.2, 0) is 0 Å². The molecule has 0 fully saturated rings. The van der Waals surface area contributed by atoms with Gasteiger partial charge in [0.25, 0.3) is 5.91 Å². The molecule has 0 aliphatic heterocycles. The van der Waals surface area contributed by atoms with Crippen molar-refractivity contribution in [2.24, 2.45) is 5.92 Å². The van der Waals surface area contributed by atoms with Gasteiger partial charge in [0.15, 0.2) is 0 Å². The van der Waals surface area contributed by atoms with Gasteiger partial charge < -0.3 is 10.4 Å². The fraction of sp³-hybridized carbons (Fsp3) is 0.471. The van der Waals surface area contributed by atoms with Gasteiger partial charge in [-0.15, -0.1) is 0 Å². The highest BCUT2D eigenvalue weighted by atomic mass is 16.2. The first kappa shape index (κ1) is 16.3. The normalized spacial score (nSPS) is 11.7. The highest BCUT2D eigenvalue weighted by Crippen LogP contribution is 2.10. The van der Waals surface area contributed by atoms with Crippen LogP contribution in [0.15, 0.2) is 18.2 Å². The van der Waals surface area contributed by atoms with Crippen molar-refractivity contribution in [1.82, 2.24) is 5.32 Å². The highest BCUT2D eigenvalue weighted by Gasteiger charge is 2.13. The van der Waals surface area contributed by atoms with E-state index >= 15 is 0 Å². The Kier molecular flexibility index (Phi) is 6.27. The predicted octanol–water partition coefficient (Wildman–Crippen LogP) is 2.50. The topological polar surface area (TPSA) is 49.3 Å². The van der Waals surface area contributed by atoms with E-state index in [-0.39, 0.29) is 18.6 Å². The molecule has 0 aliphatic carbocycles. The van der Waals surface area contributed by atoms with Crippen LogP contribution < -0.4 is 5.32 Å². The first-order valence-corrected chi connectivity index (χ1v) is 6.96. The van der Waals surface area contributed by atoms with Gasteiger partial charge in [-0.1, -0.05) is 25.7 Å². The zero-order valence-electron chi connectivity index (χ0n) is 12.7. The monoisotopic (exact) mass is 273 g/mol. The van der Waals surface area contributed by atoms with Crippen molar-refractivity contribution in [3.05, 3.63) is 34.9 Å². The van der Waals surface area contributed by atoms with Crippen molar-refractivity contribution in [2.45, 2.75) is 40.2 Å². The van der Waals surface area contributed by atoms with Crippen molar-refractivity contribution in [2.75, 3.05) is 6.61 Å². The van der Waals surface area contributed by atoms with Crippen molar-refractivity contribution in [3.63, 3.8) is 0 Å². The van der Waals surface area contributed by atoms with Crippen molar-refractivity contribution >= 4 is 5.91 Å². The number of aliphatic hydroxyl groups is 1. The van der Waals surface area contributed by atoms with Gasteiger partial charge in [-0.25, -0.2) is 0 Å². The summed E-state index contributed by atoms with van der Waals surface area (Å²) >= 11 is 0. The van der Waals surface area contributed by atoms with Crippen LogP contribution in [0.5, 0.6) is 0 Å². The quantitative estimate of drug-likeness (QED) is 0.828. The third-order valence-electron chi connectivity index (χ3n) is 3.17. The summed E-state index contributed by atoms with van der Waals surface area (Å²) in [5.74, 6) is 6.17. The fourth-order valence-corrected chi connectivity index (χ4v) is 1.66. The van der Waals surface area contributed by atoms with Crippen molar-refractivity contribution < 1.29 is 9.90 Å². The minimum Gasteiger partial charge on any atom is -0.395 e. The third-order valence-corrected chi connectivity index (χ3v) is 3.17. The summed E-state index contributed by atoms with van der Waals surface area (Å²) < 4.78 is 0. The largest absolute Gasteiger partial charge is 0.395 e. The second-order valence-electron chi connectivity index (χ2n) is 5.37. The number of nitrogens with one attached hydrogen (secondary N) is 1. The van der Waals surface area contributed by atoms with Gasteiger partial charge in [0.2, 0.25) is 0 Å². The number of benzene rings is 1. The number of aryl methyl sites for hydroxylation is 1. The molecule has 20 heavy (non-hydrogen) atoms. The molecule has 0 aliphatic rings. The molecule has 0 saturated carbocycles. The Morgan fingerprint density at radius 1 is 1.30 bits per heavy atom. The van der Waals surface area contributed by atoms with E-state index in [9.17, 15) is 4.79 Å². The van der Waals surface area contributed by atoms with Crippen LogP contribution in [-0.4, -0.2) is 23.7 Å². The first-order valence-electron chi connectivity index (χ1n) is 6.96. The van der Waals surface area contributed by atoms with Crippen molar-refractivity contribution in [1.29, 1.82) is 0 Å². The minimum atomic E-state index is -0.0693. The maximum atomic E-state index is 12.2. The molecule has 1 unspecified atom stereocenters. The average molecular weight is 273 g/mol. The van der Waals surface area contributed by atoms with Gasteiger partial charge in [0, 0.05) is 23.6 Å². The molecule has 0 saturated heterocycles. The SMILES string of the molecule is Cc1cc(C#CCCO)cc(C(=O)NC(C)C(C)C)c1. The average Bonchev–Trinajstić information content (AvgIpc) is 2.38. The first-order chi connectivity index (χ1) is 9.43. The van der Waals surface area contributed by atoms with Crippen LogP contribution in [0, 0.1) is 24.7 Å². The van der Waals surface area contributed by atoms with E-state index in [2.05, 4.69) is 31.0 Å². The molecule has 1 amide bonds. The zero-order chi connectivity index (χ0) is 15.1. The van der Waals surface area contributed by atoms with Crippen LogP contribution in [0.2, 0.25) is 0 Å². The Hall–Kier alpha value is -1.79. The van der Waals surface area contributed by atoms with Crippen LogP contribution in [0.1, 0.15) is 48.7 Å². The predicted molar refractivity (Wildman–Crippen MR) is 81.5 cm³/mol. The van der Waals surface area contributed by atoms with Gasteiger partial charge in [-0.05, 0) is 43.5 Å². The molecule has 0 heterocycles. The van der Waals surface area contributed by atoms with Crippen LogP contribution in [0.25, 0.3) is 0 Å². The van der Waals surface area contributed by atoms with E-state index in [1.807, 2.05) is 26.0 Å². The fourth-order valence-electron chi connectivity index (χ4n) is 1.66. The van der Waals surface area contributed by atoms with Crippen molar-refractivity contribution in [3.8, 4) is 11.8 Å². The maximum Gasteiger partial charge on any atom is 0.251 e. The maximum absolute atomic E-state index is 12.2. The summed E-state index contributed by atoms with van der Waals surface area (Å²) in [6, 6.07) is 5.72. The Bertz CT molecular complexity index is 524. The molecule has 0 spiro atoms. The summed E-state index contributed by atoms with van der Waals surface area (Å²) in [6.07, 6.45) is 0.444. The molecule has 0 bridgehead atoms. The summed E-state index contributed by atoms with van der Waals surface area (Å²) in [6.45, 7) is 8.15. The molecule has 1 atom stereocenters. The van der Waals surface area contributed by atoms with Gasteiger partial charge in [0.1, 0.15) is 0 Å². The molecule has 2 N–H and O–H groups in total. The standard InChI is InChI=1S/C17H23NO2/c1-12(2)14(4)18-17(20)16-10-13(3)9-15(11-16)7-5-6-8-19/h9-12,14,19H,6,8H2,1-4H3,(H,18,20). The molecule has 3 nitrogen and oxygen atoms in total. The molecule has 0 aromatic heterocycles. The Balaban J connectivity index is 2.90. The number of aliphatic hydroxyl groups excluding tert-OH is 1. The summed E-state index contributed by atoms with van der Waals surface area (Å²) in [4.78, 5) is 12.2. The number of rotatable bonds is 4. The molecular formula is C17H23NO2. The van der Waals surface area contributed by atoms with E-state index in [0.29, 0.717) is 17.9 Å². The van der Waals surface area contributed by atoms with Gasteiger partial charge in [-0.3, -0.25) is 4.79 Å². The van der Waals surface area contributed by atoms with E-state index < -0.39 is 0 Å². The van der Waals surface area contributed by atoms with Gasteiger partial charge >= 0.3 is 0 Å². The number of hydrogen-bond donors (Lipinski definition) is 2. The Morgan fingerprint density at radius 2 is 2.00 bits per heavy atom. The molecule has 1 aromatic rings. The van der Waals surface area contributed by atoms with E-state index in [4.69, 9.17) is 5.11 Å². The summed E-state index contributed by atoms with van der Waals surface area (Å²) in [5.41, 5.74) is 2.44. The number of carbonyl (C=O) groups excluding carboxylic acids is 1. The Morgan fingerprint density at radius 3 is 2.60 bits per heavy atom. The smallest absolute Gasteiger partial charge is 0.251 e. The van der Waals surface area contributed by atoms with Crippen LogP contribution >= 0.6 is 0 Å². The molecule has 0 radical (unpaired) electrons. The lowest BCUT2D eigenvalue weighted by Gasteiger charge is -2.17. The second-order valence-corrected chi connectivity index (χ2v) is 5.37. The molecule has 108 valence electrons. The summed E-state index contributed by atoms with van der Waals surface area (Å²) in [7, 11) is 0. The molecule has 1 aromatic carbocycles. The number of amides is 1. The second kappa shape index (κ2) is 7.72. The van der Waals surface area contributed by atoms with Crippen LogP contribution in [0.3, 0.4) is 0 Å². The lowest BCUT2D eigenvalue weighted by molar-refractivity contribution is 0.0930. The zero-order valence-corrected chi connectivity index (χ0v) is 12.7. The molecular weight excluding hydrogens is 250 g/mol. The molecule has 1 rings (SSSR count). The van der Waals surface area contributed by atoms with E-state index in [0.717, 1.165) is 11.1 Å². The van der Waals surface area contributed by atoms with Crippen LogP contribution in [0.4, 0.5) is 0 Å². The summed E-state index contributed by atoms with van der Waals surface area (Å²) in [5, 5.41) is 11.7. The van der Waals surface area contributed by atoms with E-state index in [1.54, 1.807) is 6.07 Å². The molecule has 3 heteroatoms. The van der Waals surface area contributed by atoms with Gasteiger partial charge in [-0.2, -0.15) is 0 Å². The lowest BCUT2D eigenvalue weighted by Crippen LogP contribution is -2.36. The van der Waals surface area contributed by atoms with E-state index in [1.165, 1.54) is 0 Å².